The van der Waals surface area contributed by atoms with Crippen molar-refractivity contribution in [1.82, 2.24) is 10.2 Å². The zero-order valence-corrected chi connectivity index (χ0v) is 14.3. The second-order valence-corrected chi connectivity index (χ2v) is 8.21. The molecule has 8 heteroatoms. The van der Waals surface area contributed by atoms with E-state index in [0.717, 1.165) is 5.56 Å². The fourth-order valence-corrected chi connectivity index (χ4v) is 4.29. The second-order valence-electron chi connectivity index (χ2n) is 5.98. The fourth-order valence-electron chi connectivity index (χ4n) is 2.62. The van der Waals surface area contributed by atoms with E-state index in [2.05, 4.69) is 5.32 Å². The Bertz CT molecular complexity index is 703. The number of carbonyl (C=O) groups is 2. The van der Waals surface area contributed by atoms with Crippen LogP contribution in [0.5, 0.6) is 0 Å². The van der Waals surface area contributed by atoms with E-state index in [1.165, 1.54) is 24.0 Å². The molecule has 1 aromatic carbocycles. The van der Waals surface area contributed by atoms with Gasteiger partial charge in [-0.1, -0.05) is 12.1 Å². The third-order valence-electron chi connectivity index (χ3n) is 3.96. The molecule has 0 spiro atoms. The Morgan fingerprint density at radius 2 is 1.96 bits per heavy atom. The first-order valence-electron chi connectivity index (χ1n) is 7.75. The number of amides is 2. The van der Waals surface area contributed by atoms with Crippen molar-refractivity contribution in [2.24, 2.45) is 0 Å². The molecule has 6 nitrogen and oxygen atoms in total. The summed E-state index contributed by atoms with van der Waals surface area (Å²) in [5, 5.41) is 2.66. The van der Waals surface area contributed by atoms with Crippen LogP contribution in [0.25, 0.3) is 0 Å². The molecule has 0 radical (unpaired) electrons. The van der Waals surface area contributed by atoms with Gasteiger partial charge in [0.2, 0.25) is 11.8 Å². The molecule has 1 N–H and O–H groups in total. The lowest BCUT2D eigenvalue weighted by molar-refractivity contribution is -0.134. The summed E-state index contributed by atoms with van der Waals surface area (Å²) in [6.45, 7) is 1.59. The van der Waals surface area contributed by atoms with Crippen LogP contribution in [-0.4, -0.2) is 55.8 Å². The molecule has 1 saturated heterocycles. The zero-order valence-electron chi connectivity index (χ0n) is 13.5. The number of nitrogens with one attached hydrogen (secondary N) is 1. The molecule has 0 aromatic heterocycles. The molecule has 2 amide bonds. The molecule has 1 unspecified atom stereocenters. The molecular formula is C16H21FN2O4S. The Labute approximate surface area is 140 Å². The molecule has 1 aliphatic heterocycles. The molecule has 1 fully saturated rings. The van der Waals surface area contributed by atoms with E-state index in [4.69, 9.17) is 0 Å². The third kappa shape index (κ3) is 5.59. The smallest absolute Gasteiger partial charge is 0.239 e. The molecule has 24 heavy (non-hydrogen) atoms. The van der Waals surface area contributed by atoms with Crippen molar-refractivity contribution in [3.8, 4) is 0 Å². The third-order valence-corrected chi connectivity index (χ3v) is 5.73. The fraction of sp³-hybridized carbons (Fsp3) is 0.500. The average Bonchev–Trinajstić information content (AvgIpc) is 2.83. The molecule has 0 saturated carbocycles. The molecule has 0 aliphatic carbocycles. The Morgan fingerprint density at radius 3 is 2.50 bits per heavy atom. The number of hydrogen-bond acceptors (Lipinski definition) is 4. The number of hydrogen-bond donors (Lipinski definition) is 1. The summed E-state index contributed by atoms with van der Waals surface area (Å²) in [5.41, 5.74) is 0.866. The predicted molar refractivity (Wildman–Crippen MR) is 87.6 cm³/mol. The minimum atomic E-state index is -3.06. The maximum atomic E-state index is 12.9. The normalized spacial score (nSPS) is 19.0. The monoisotopic (exact) mass is 356 g/mol. The van der Waals surface area contributed by atoms with Crippen LogP contribution in [-0.2, 0) is 25.8 Å². The van der Waals surface area contributed by atoms with Gasteiger partial charge < -0.3 is 10.2 Å². The van der Waals surface area contributed by atoms with Crippen molar-refractivity contribution < 1.29 is 22.4 Å². The first-order chi connectivity index (χ1) is 11.2. The van der Waals surface area contributed by atoms with E-state index < -0.39 is 9.84 Å². The Balaban J connectivity index is 1.85. The van der Waals surface area contributed by atoms with Crippen molar-refractivity contribution in [2.75, 3.05) is 24.6 Å². The summed E-state index contributed by atoms with van der Waals surface area (Å²) in [6, 6.07) is 5.59. The number of rotatable bonds is 6. The van der Waals surface area contributed by atoms with Gasteiger partial charge in [0.25, 0.3) is 0 Å². The number of nitrogens with zero attached hydrogens (tertiary/aromatic N) is 1. The van der Waals surface area contributed by atoms with Crippen molar-refractivity contribution in [3.63, 3.8) is 0 Å². The lowest BCUT2D eigenvalue weighted by Gasteiger charge is -2.21. The SMILES string of the molecule is CC(=O)N(CCc1ccc(F)cc1)CC(=O)NC1CCS(=O)(=O)C1. The van der Waals surface area contributed by atoms with E-state index in [1.807, 2.05) is 0 Å². The van der Waals surface area contributed by atoms with Crippen molar-refractivity contribution in [1.29, 1.82) is 0 Å². The number of carbonyl (C=O) groups excluding carboxylic acids is 2. The lowest BCUT2D eigenvalue weighted by Crippen LogP contribution is -2.44. The van der Waals surface area contributed by atoms with Gasteiger partial charge in [-0.25, -0.2) is 12.8 Å². The van der Waals surface area contributed by atoms with E-state index in [0.29, 0.717) is 19.4 Å². The highest BCUT2D eigenvalue weighted by Crippen LogP contribution is 2.11. The first-order valence-corrected chi connectivity index (χ1v) is 9.57. The minimum absolute atomic E-state index is 0.0472. The van der Waals surface area contributed by atoms with Crippen LogP contribution >= 0.6 is 0 Å². The summed E-state index contributed by atoms with van der Waals surface area (Å²) in [5.74, 6) is -0.904. The number of sulfone groups is 1. The van der Waals surface area contributed by atoms with Gasteiger partial charge in [-0.15, -0.1) is 0 Å². The minimum Gasteiger partial charge on any atom is -0.351 e. The molecule has 2 rings (SSSR count). The van der Waals surface area contributed by atoms with Gasteiger partial charge in [0.15, 0.2) is 9.84 Å². The summed E-state index contributed by atoms with van der Waals surface area (Å²) in [6.07, 6.45) is 0.911. The average molecular weight is 356 g/mol. The van der Waals surface area contributed by atoms with E-state index in [9.17, 15) is 22.4 Å². The summed E-state index contributed by atoms with van der Waals surface area (Å²) in [7, 11) is -3.06. The molecule has 1 atom stereocenters. The van der Waals surface area contributed by atoms with Crippen LogP contribution in [0, 0.1) is 5.82 Å². The van der Waals surface area contributed by atoms with Gasteiger partial charge in [-0.3, -0.25) is 9.59 Å². The molecular weight excluding hydrogens is 335 g/mol. The van der Waals surface area contributed by atoms with Crippen LogP contribution in [0.15, 0.2) is 24.3 Å². The summed E-state index contributed by atoms with van der Waals surface area (Å²) >= 11 is 0. The topological polar surface area (TPSA) is 83.6 Å². The highest BCUT2D eigenvalue weighted by Gasteiger charge is 2.29. The molecule has 1 heterocycles. The quantitative estimate of drug-likeness (QED) is 0.805. The van der Waals surface area contributed by atoms with E-state index in [1.54, 1.807) is 12.1 Å². The van der Waals surface area contributed by atoms with Gasteiger partial charge in [0, 0.05) is 19.5 Å². The molecule has 1 aromatic rings. The van der Waals surface area contributed by atoms with Crippen molar-refractivity contribution >= 4 is 21.7 Å². The zero-order chi connectivity index (χ0) is 17.7. The van der Waals surface area contributed by atoms with Gasteiger partial charge in [-0.05, 0) is 30.5 Å². The highest BCUT2D eigenvalue weighted by atomic mass is 32.2. The van der Waals surface area contributed by atoms with Crippen molar-refractivity contribution in [3.05, 3.63) is 35.6 Å². The highest BCUT2D eigenvalue weighted by molar-refractivity contribution is 7.91. The largest absolute Gasteiger partial charge is 0.351 e. The van der Waals surface area contributed by atoms with Gasteiger partial charge in [-0.2, -0.15) is 0 Å². The van der Waals surface area contributed by atoms with Crippen molar-refractivity contribution in [2.45, 2.75) is 25.8 Å². The van der Waals surface area contributed by atoms with E-state index in [-0.39, 0.29) is 41.7 Å². The molecule has 1 aliphatic rings. The maximum absolute atomic E-state index is 12.9. The van der Waals surface area contributed by atoms with Crippen LogP contribution in [0.2, 0.25) is 0 Å². The number of benzene rings is 1. The molecule has 0 bridgehead atoms. The van der Waals surface area contributed by atoms with Gasteiger partial charge in [0.1, 0.15) is 5.82 Å². The first kappa shape index (κ1) is 18.4. The van der Waals surface area contributed by atoms with Gasteiger partial charge >= 0.3 is 0 Å². The number of halogens is 1. The van der Waals surface area contributed by atoms with E-state index >= 15 is 0 Å². The van der Waals surface area contributed by atoms with Crippen LogP contribution in [0.3, 0.4) is 0 Å². The Kier molecular flexibility index (Phi) is 5.93. The second kappa shape index (κ2) is 7.74. The summed E-state index contributed by atoms with van der Waals surface area (Å²) < 4.78 is 35.7. The predicted octanol–water partition coefficient (Wildman–Crippen LogP) is 0.520. The maximum Gasteiger partial charge on any atom is 0.239 e. The Hall–Kier alpha value is -1.96. The molecule has 132 valence electrons. The summed E-state index contributed by atoms with van der Waals surface area (Å²) in [4.78, 5) is 25.1. The van der Waals surface area contributed by atoms with Crippen LogP contribution in [0.4, 0.5) is 4.39 Å². The Morgan fingerprint density at radius 1 is 1.29 bits per heavy atom. The standard InChI is InChI=1S/C16H21FN2O4S/c1-12(20)19(8-6-13-2-4-14(17)5-3-13)10-16(21)18-15-7-9-24(22,23)11-15/h2-5,15H,6-11H2,1H3,(H,18,21). The van der Waals surface area contributed by atoms with Gasteiger partial charge in [0.05, 0.1) is 18.1 Å². The lowest BCUT2D eigenvalue weighted by atomic mass is 10.1. The van der Waals surface area contributed by atoms with Crippen LogP contribution in [0.1, 0.15) is 18.9 Å². The van der Waals surface area contributed by atoms with Crippen LogP contribution < -0.4 is 5.32 Å².